The summed E-state index contributed by atoms with van der Waals surface area (Å²) < 4.78 is 0. The summed E-state index contributed by atoms with van der Waals surface area (Å²) in [5.41, 5.74) is 8.92. The molecule has 11 heteroatoms. The van der Waals surface area contributed by atoms with Crippen molar-refractivity contribution in [2.75, 3.05) is 53.7 Å². The molecule has 1 aromatic heterocycles. The van der Waals surface area contributed by atoms with Gasteiger partial charge in [-0.3, -0.25) is 29.6 Å². The highest BCUT2D eigenvalue weighted by atomic mass is 35.5. The van der Waals surface area contributed by atoms with E-state index in [4.69, 9.17) is 17.3 Å². The van der Waals surface area contributed by atoms with Gasteiger partial charge in [0.1, 0.15) is 11.9 Å². The minimum absolute atomic E-state index is 0.0849. The van der Waals surface area contributed by atoms with Crippen LogP contribution in [0.5, 0.6) is 0 Å². The van der Waals surface area contributed by atoms with E-state index in [9.17, 15) is 14.4 Å². The average molecular weight is 596 g/mol. The summed E-state index contributed by atoms with van der Waals surface area (Å²) in [6.45, 7) is 13.6. The summed E-state index contributed by atoms with van der Waals surface area (Å²) in [5, 5.41) is 3.00. The SMILES string of the molecule is CC.CC1(C)C(=O)N(C2CCC(=O)NC2=O)c2cccc(N3CC(C4CN(c5ccc(N)nc5)C4)C3)c21.CN=C(C)Cl. The maximum atomic E-state index is 13.5. The number of aromatic nitrogens is 1. The Hall–Kier alpha value is -3.66. The van der Waals surface area contributed by atoms with Crippen molar-refractivity contribution in [2.24, 2.45) is 16.8 Å². The highest BCUT2D eigenvalue weighted by Crippen LogP contribution is 2.49. The molecule has 0 spiro atoms. The Labute approximate surface area is 253 Å². The number of amides is 3. The Morgan fingerprint density at radius 1 is 1.02 bits per heavy atom. The van der Waals surface area contributed by atoms with Crippen LogP contribution in [0.4, 0.5) is 22.9 Å². The van der Waals surface area contributed by atoms with Gasteiger partial charge in [-0.2, -0.15) is 0 Å². The molecular weight excluding hydrogens is 554 g/mol. The molecule has 3 fully saturated rings. The van der Waals surface area contributed by atoms with Crippen LogP contribution in [0, 0.1) is 11.8 Å². The first kappa shape index (κ1) is 31.3. The lowest BCUT2D eigenvalue weighted by molar-refractivity contribution is -0.136. The van der Waals surface area contributed by atoms with Crippen LogP contribution in [-0.2, 0) is 19.8 Å². The lowest BCUT2D eigenvalue weighted by Crippen LogP contribution is -2.60. The lowest BCUT2D eigenvalue weighted by Gasteiger charge is -2.52. The fourth-order valence-electron chi connectivity index (χ4n) is 6.00. The second-order valence-electron chi connectivity index (χ2n) is 11.4. The molecule has 226 valence electrons. The predicted molar refractivity (Wildman–Crippen MR) is 169 cm³/mol. The highest BCUT2D eigenvalue weighted by molar-refractivity contribution is 6.64. The van der Waals surface area contributed by atoms with Crippen LogP contribution in [-0.4, -0.2) is 67.1 Å². The number of rotatable bonds is 4. The molecule has 0 saturated carbocycles. The lowest BCUT2D eigenvalue weighted by atomic mass is 9.78. The number of hydrogen-bond donors (Lipinski definition) is 2. The van der Waals surface area contributed by atoms with Crippen LogP contribution in [0.2, 0.25) is 0 Å². The zero-order chi connectivity index (χ0) is 30.8. The van der Waals surface area contributed by atoms with Gasteiger partial charge in [0, 0.05) is 62.7 Å². The van der Waals surface area contributed by atoms with Gasteiger partial charge in [0.25, 0.3) is 0 Å². The normalized spacial score (nSPS) is 21.8. The van der Waals surface area contributed by atoms with E-state index < -0.39 is 17.4 Å². The van der Waals surface area contributed by atoms with Gasteiger partial charge in [-0.1, -0.05) is 31.5 Å². The summed E-state index contributed by atoms with van der Waals surface area (Å²) in [7, 11) is 1.66. The summed E-state index contributed by atoms with van der Waals surface area (Å²) in [6.07, 6.45) is 2.43. The maximum Gasteiger partial charge on any atom is 0.249 e. The molecule has 2 aromatic rings. The third kappa shape index (κ3) is 5.95. The second kappa shape index (κ2) is 12.7. The first-order chi connectivity index (χ1) is 20.0. The predicted octanol–water partition coefficient (Wildman–Crippen LogP) is 3.97. The van der Waals surface area contributed by atoms with Crippen molar-refractivity contribution in [3.8, 4) is 0 Å². The van der Waals surface area contributed by atoms with Gasteiger partial charge >= 0.3 is 0 Å². The van der Waals surface area contributed by atoms with Gasteiger partial charge in [0.05, 0.1) is 28.2 Å². The van der Waals surface area contributed by atoms with E-state index >= 15 is 0 Å². The first-order valence-electron chi connectivity index (χ1n) is 14.6. The number of imide groups is 1. The Morgan fingerprint density at radius 3 is 2.17 bits per heavy atom. The number of anilines is 4. The van der Waals surface area contributed by atoms with Gasteiger partial charge in [-0.05, 0) is 51.5 Å². The van der Waals surface area contributed by atoms with E-state index in [1.807, 2.05) is 58.2 Å². The number of nitrogen functional groups attached to an aromatic ring is 1. The van der Waals surface area contributed by atoms with Crippen molar-refractivity contribution >= 4 is 57.4 Å². The molecule has 0 bridgehead atoms. The van der Waals surface area contributed by atoms with Crippen LogP contribution >= 0.6 is 11.6 Å². The minimum Gasteiger partial charge on any atom is -0.384 e. The van der Waals surface area contributed by atoms with Crippen molar-refractivity contribution in [3.63, 3.8) is 0 Å². The molecule has 42 heavy (non-hydrogen) atoms. The monoisotopic (exact) mass is 595 g/mol. The van der Waals surface area contributed by atoms with E-state index in [0.717, 1.165) is 48.8 Å². The zero-order valence-corrected chi connectivity index (χ0v) is 26.1. The van der Waals surface area contributed by atoms with Gasteiger partial charge in [-0.15, -0.1) is 0 Å². The first-order valence-corrected chi connectivity index (χ1v) is 15.0. The molecule has 3 N–H and O–H groups in total. The highest BCUT2D eigenvalue weighted by Gasteiger charge is 2.51. The number of carbonyl (C=O) groups is 3. The van der Waals surface area contributed by atoms with Crippen LogP contribution in [0.1, 0.15) is 53.0 Å². The molecule has 0 aliphatic carbocycles. The third-order valence-electron chi connectivity index (χ3n) is 8.45. The smallest absolute Gasteiger partial charge is 0.249 e. The number of hydrogen-bond acceptors (Lipinski definition) is 8. The van der Waals surface area contributed by atoms with E-state index in [-0.39, 0.29) is 18.2 Å². The molecule has 1 atom stereocenters. The molecule has 1 unspecified atom stereocenters. The molecule has 6 rings (SSSR count). The van der Waals surface area contributed by atoms with Crippen molar-refractivity contribution in [2.45, 2.75) is 58.9 Å². The standard InChI is InChI=1S/C26H30N6O3.C3H6ClN.C2H6/c1-26(2)23-18(4-3-5-19(23)32(25(26)35)20-7-9-22(33)29-24(20)34)31-13-16(14-31)15-11-30(12-15)17-6-8-21(27)28-10-17;1-3(4)5-2;1-2/h3-6,8,10,15-16,20H,7,9,11-14H2,1-2H3,(H2,27,28)(H,29,33,34);1-2H3;1-2H3. The van der Waals surface area contributed by atoms with Crippen molar-refractivity contribution < 1.29 is 14.4 Å². The molecule has 5 heterocycles. The second-order valence-corrected chi connectivity index (χ2v) is 12.0. The fourth-order valence-corrected chi connectivity index (χ4v) is 6.00. The zero-order valence-electron chi connectivity index (χ0n) is 25.4. The summed E-state index contributed by atoms with van der Waals surface area (Å²) in [5.74, 6) is 1.02. The summed E-state index contributed by atoms with van der Waals surface area (Å²) in [4.78, 5) is 51.9. The fraction of sp³-hybridized carbons (Fsp3) is 0.516. The molecule has 3 amide bonds. The largest absolute Gasteiger partial charge is 0.384 e. The number of nitrogens with one attached hydrogen (secondary N) is 1. The van der Waals surface area contributed by atoms with Gasteiger partial charge in [-0.25, -0.2) is 4.98 Å². The maximum absolute atomic E-state index is 13.5. The number of carbonyl (C=O) groups excluding carboxylic acids is 3. The van der Waals surface area contributed by atoms with E-state index in [0.29, 0.717) is 29.2 Å². The number of pyridine rings is 1. The number of benzene rings is 1. The van der Waals surface area contributed by atoms with E-state index in [1.54, 1.807) is 18.9 Å². The number of piperidine rings is 1. The van der Waals surface area contributed by atoms with Crippen LogP contribution < -0.4 is 25.8 Å². The van der Waals surface area contributed by atoms with Crippen LogP contribution in [0.3, 0.4) is 0 Å². The number of nitrogens with two attached hydrogens (primary N) is 1. The Morgan fingerprint density at radius 2 is 1.62 bits per heavy atom. The molecule has 0 radical (unpaired) electrons. The van der Waals surface area contributed by atoms with E-state index in [2.05, 4.69) is 31.2 Å². The van der Waals surface area contributed by atoms with Crippen molar-refractivity contribution in [3.05, 3.63) is 42.1 Å². The van der Waals surface area contributed by atoms with Crippen molar-refractivity contribution in [1.82, 2.24) is 10.3 Å². The summed E-state index contributed by atoms with van der Waals surface area (Å²) >= 11 is 5.21. The van der Waals surface area contributed by atoms with Crippen LogP contribution in [0.15, 0.2) is 41.5 Å². The average Bonchev–Trinajstić information content (AvgIpc) is 3.12. The molecule has 1 aromatic carbocycles. The van der Waals surface area contributed by atoms with Crippen molar-refractivity contribution in [1.29, 1.82) is 0 Å². The number of nitrogens with zero attached hydrogens (tertiary/aromatic N) is 5. The van der Waals surface area contributed by atoms with Gasteiger partial charge in [0.15, 0.2) is 0 Å². The molecule has 10 nitrogen and oxygen atoms in total. The Bertz CT molecular complexity index is 1340. The number of aliphatic imine (C=N–C) groups is 1. The quantitative estimate of drug-likeness (QED) is 0.405. The van der Waals surface area contributed by atoms with E-state index in [1.165, 1.54) is 0 Å². The topological polar surface area (TPSA) is 124 Å². The molecule has 4 aliphatic heterocycles. The molecular formula is C31H42ClN7O3. The third-order valence-corrected chi connectivity index (χ3v) is 8.62. The molecule has 3 saturated heterocycles. The number of halogens is 1. The van der Waals surface area contributed by atoms with Gasteiger partial charge < -0.3 is 15.5 Å². The number of fused-ring (bicyclic) bond motifs is 1. The van der Waals surface area contributed by atoms with Crippen LogP contribution in [0.25, 0.3) is 0 Å². The van der Waals surface area contributed by atoms with Gasteiger partial charge in [0.2, 0.25) is 17.7 Å². The Kier molecular flexibility index (Phi) is 9.45. The molecule has 4 aliphatic rings. The Balaban J connectivity index is 0.000000526. The minimum atomic E-state index is -0.742. The summed E-state index contributed by atoms with van der Waals surface area (Å²) in [6, 6.07) is 9.19.